The van der Waals surface area contributed by atoms with Gasteiger partial charge in [-0.3, -0.25) is 4.57 Å². The van der Waals surface area contributed by atoms with Crippen LogP contribution in [0.5, 0.6) is 0 Å². The third-order valence-electron chi connectivity index (χ3n) is 3.36. The molecule has 0 aliphatic carbocycles. The smallest absolute Gasteiger partial charge is 0.259 e. The van der Waals surface area contributed by atoms with E-state index < -0.39 is 7.37 Å². The molecule has 0 amide bonds. The Hall–Kier alpha value is -1.37. The van der Waals surface area contributed by atoms with Gasteiger partial charge in [0.15, 0.2) is 0 Å². The molecule has 0 saturated heterocycles. The highest BCUT2D eigenvalue weighted by atomic mass is 31.2. The predicted octanol–water partition coefficient (Wildman–Crippen LogP) is 3.14. The van der Waals surface area contributed by atoms with Crippen LogP contribution in [0.1, 0.15) is 22.3 Å². The molecule has 0 radical (unpaired) electrons. The van der Waals surface area contributed by atoms with E-state index in [2.05, 4.69) is 0 Å². The van der Waals surface area contributed by atoms with E-state index in [1.54, 1.807) is 12.1 Å². The van der Waals surface area contributed by atoms with Gasteiger partial charge in [-0.1, -0.05) is 35.4 Å². The molecular formula is C16H19O2P. The first kappa shape index (κ1) is 14.0. The summed E-state index contributed by atoms with van der Waals surface area (Å²) in [6.07, 6.45) is 0. The Morgan fingerprint density at radius 3 is 1.47 bits per heavy atom. The van der Waals surface area contributed by atoms with Crippen LogP contribution in [-0.4, -0.2) is 4.89 Å². The minimum absolute atomic E-state index is 0.532. The SMILES string of the molecule is Cc1ccc(P(=O)(O)c2ccc(C)cc2C)c(C)c1. The van der Waals surface area contributed by atoms with E-state index >= 15 is 0 Å². The van der Waals surface area contributed by atoms with Crippen LogP contribution in [0.4, 0.5) is 0 Å². The second-order valence-corrected chi connectivity index (χ2v) is 7.27. The highest BCUT2D eigenvalue weighted by Gasteiger charge is 2.27. The Kier molecular flexibility index (Phi) is 3.66. The first-order chi connectivity index (χ1) is 8.82. The van der Waals surface area contributed by atoms with Gasteiger partial charge in [0.05, 0.1) is 0 Å². The van der Waals surface area contributed by atoms with Gasteiger partial charge < -0.3 is 4.89 Å². The van der Waals surface area contributed by atoms with E-state index in [4.69, 9.17) is 0 Å². The maximum Gasteiger partial charge on any atom is 0.259 e. The highest BCUT2D eigenvalue weighted by molar-refractivity contribution is 7.73. The van der Waals surface area contributed by atoms with Gasteiger partial charge in [-0.05, 0) is 51.0 Å². The summed E-state index contributed by atoms with van der Waals surface area (Å²) in [6.45, 7) is 7.73. The van der Waals surface area contributed by atoms with Crippen molar-refractivity contribution in [2.24, 2.45) is 0 Å². The minimum atomic E-state index is -3.51. The third kappa shape index (κ3) is 2.65. The number of aryl methyl sites for hydroxylation is 4. The summed E-state index contributed by atoms with van der Waals surface area (Å²) in [5.41, 5.74) is 3.93. The monoisotopic (exact) mass is 274 g/mol. The molecule has 0 atom stereocenters. The van der Waals surface area contributed by atoms with Crippen molar-refractivity contribution < 1.29 is 9.46 Å². The van der Waals surface area contributed by atoms with Gasteiger partial charge in [0.1, 0.15) is 0 Å². The van der Waals surface area contributed by atoms with Gasteiger partial charge in [-0.15, -0.1) is 0 Å². The molecule has 0 aliphatic rings. The molecule has 0 unspecified atom stereocenters. The van der Waals surface area contributed by atoms with E-state index in [1.165, 1.54) is 0 Å². The zero-order valence-corrected chi connectivity index (χ0v) is 12.7. The predicted molar refractivity (Wildman–Crippen MR) is 80.9 cm³/mol. The number of hydrogen-bond acceptors (Lipinski definition) is 1. The molecule has 0 fully saturated rings. The van der Waals surface area contributed by atoms with Crippen molar-refractivity contribution in [1.29, 1.82) is 0 Å². The van der Waals surface area contributed by atoms with Gasteiger partial charge in [-0.25, -0.2) is 0 Å². The van der Waals surface area contributed by atoms with Gasteiger partial charge >= 0.3 is 0 Å². The summed E-state index contributed by atoms with van der Waals surface area (Å²) in [7, 11) is -3.51. The normalized spacial score (nSPS) is 11.6. The van der Waals surface area contributed by atoms with Gasteiger partial charge in [0.25, 0.3) is 7.37 Å². The van der Waals surface area contributed by atoms with Gasteiger partial charge in [0.2, 0.25) is 0 Å². The molecule has 0 saturated carbocycles. The lowest BCUT2D eigenvalue weighted by molar-refractivity contribution is 0.500. The fourth-order valence-electron chi connectivity index (χ4n) is 2.42. The first-order valence-electron chi connectivity index (χ1n) is 6.31. The molecule has 2 aromatic rings. The quantitative estimate of drug-likeness (QED) is 0.854. The summed E-state index contributed by atoms with van der Waals surface area (Å²) < 4.78 is 12.8. The van der Waals surface area contributed by atoms with Crippen LogP contribution in [-0.2, 0) is 4.57 Å². The Labute approximate surface area is 114 Å². The zero-order chi connectivity index (χ0) is 14.2. The van der Waals surface area contributed by atoms with E-state index in [0.29, 0.717) is 10.6 Å². The zero-order valence-electron chi connectivity index (χ0n) is 11.8. The third-order valence-corrected chi connectivity index (χ3v) is 5.67. The Morgan fingerprint density at radius 1 is 0.789 bits per heavy atom. The van der Waals surface area contributed by atoms with Crippen LogP contribution in [0.3, 0.4) is 0 Å². The molecule has 2 aromatic carbocycles. The molecule has 0 aromatic heterocycles. The molecule has 1 N–H and O–H groups in total. The lowest BCUT2D eigenvalue weighted by Gasteiger charge is -2.17. The maximum atomic E-state index is 12.8. The second-order valence-electron chi connectivity index (χ2n) is 5.16. The lowest BCUT2D eigenvalue weighted by Crippen LogP contribution is -2.20. The van der Waals surface area contributed by atoms with Crippen LogP contribution < -0.4 is 10.6 Å². The van der Waals surface area contributed by atoms with Crippen molar-refractivity contribution in [2.45, 2.75) is 27.7 Å². The average molecular weight is 274 g/mol. The molecule has 0 aliphatic heterocycles. The Morgan fingerprint density at radius 2 is 1.16 bits per heavy atom. The highest BCUT2D eigenvalue weighted by Crippen LogP contribution is 2.40. The van der Waals surface area contributed by atoms with Crippen LogP contribution in [0.15, 0.2) is 36.4 Å². The van der Waals surface area contributed by atoms with E-state index in [0.717, 1.165) is 22.3 Å². The van der Waals surface area contributed by atoms with Crippen LogP contribution in [0.2, 0.25) is 0 Å². The van der Waals surface area contributed by atoms with Crippen molar-refractivity contribution in [2.75, 3.05) is 0 Å². The second kappa shape index (κ2) is 4.96. The molecule has 0 bridgehead atoms. The topological polar surface area (TPSA) is 37.3 Å². The fraction of sp³-hybridized carbons (Fsp3) is 0.250. The largest absolute Gasteiger partial charge is 0.338 e. The van der Waals surface area contributed by atoms with Crippen LogP contribution in [0, 0.1) is 27.7 Å². The summed E-state index contributed by atoms with van der Waals surface area (Å²) in [6, 6.07) is 11.2. The molecule has 0 heterocycles. The average Bonchev–Trinajstić information content (AvgIpc) is 2.27. The van der Waals surface area contributed by atoms with Crippen LogP contribution in [0.25, 0.3) is 0 Å². The molecule has 0 spiro atoms. The molecule has 100 valence electrons. The standard InChI is InChI=1S/C16H19O2P/c1-11-5-7-15(13(3)9-11)19(17,18)16-8-6-12(2)10-14(16)4/h5-10H,1-4H3,(H,17,18). The lowest BCUT2D eigenvalue weighted by atomic mass is 10.2. The minimum Gasteiger partial charge on any atom is -0.338 e. The Bertz CT molecular complexity index is 619. The maximum absolute atomic E-state index is 12.8. The molecule has 2 rings (SSSR count). The molecule has 19 heavy (non-hydrogen) atoms. The van der Waals surface area contributed by atoms with Crippen molar-refractivity contribution in [3.8, 4) is 0 Å². The van der Waals surface area contributed by atoms with Crippen LogP contribution >= 0.6 is 7.37 Å². The van der Waals surface area contributed by atoms with Crippen molar-refractivity contribution in [3.05, 3.63) is 58.7 Å². The number of benzene rings is 2. The van der Waals surface area contributed by atoms with Crippen molar-refractivity contribution in [3.63, 3.8) is 0 Å². The molecule has 2 nitrogen and oxygen atoms in total. The first-order valence-corrected chi connectivity index (χ1v) is 7.97. The fourth-order valence-corrected chi connectivity index (χ4v) is 4.32. The van der Waals surface area contributed by atoms with Crippen molar-refractivity contribution >= 4 is 18.0 Å². The summed E-state index contributed by atoms with van der Waals surface area (Å²) in [5.74, 6) is 0. The van der Waals surface area contributed by atoms with E-state index in [9.17, 15) is 9.46 Å². The van der Waals surface area contributed by atoms with E-state index in [-0.39, 0.29) is 0 Å². The summed E-state index contributed by atoms with van der Waals surface area (Å²) in [5, 5.41) is 1.06. The van der Waals surface area contributed by atoms with Gasteiger partial charge in [0, 0.05) is 10.6 Å². The number of rotatable bonds is 2. The summed E-state index contributed by atoms with van der Waals surface area (Å²) >= 11 is 0. The van der Waals surface area contributed by atoms with E-state index in [1.807, 2.05) is 52.0 Å². The Balaban J connectivity index is 2.61. The molecule has 3 heteroatoms. The summed E-state index contributed by atoms with van der Waals surface area (Å²) in [4.78, 5) is 10.6. The van der Waals surface area contributed by atoms with Crippen molar-refractivity contribution in [1.82, 2.24) is 0 Å². The van der Waals surface area contributed by atoms with Gasteiger partial charge in [-0.2, -0.15) is 0 Å². The molecular weight excluding hydrogens is 255 g/mol. The number of hydrogen-bond donors (Lipinski definition) is 1.